The number of aromatic nitrogens is 2. The predicted octanol–water partition coefficient (Wildman–Crippen LogP) is 2.84. The lowest BCUT2D eigenvalue weighted by Gasteiger charge is -2.15. The first-order valence-electron chi connectivity index (χ1n) is 10.9. The molecule has 1 atom stereocenters. The van der Waals surface area contributed by atoms with Crippen molar-refractivity contribution in [2.45, 2.75) is 32.2 Å². The number of nitrogens with zero attached hydrogens (tertiary/aromatic N) is 4. The molecule has 34 heavy (non-hydrogen) atoms. The van der Waals surface area contributed by atoms with Crippen molar-refractivity contribution in [3.63, 3.8) is 0 Å². The molecule has 1 aromatic heterocycles. The maximum Gasteiger partial charge on any atom is 0.225 e. The van der Waals surface area contributed by atoms with Crippen molar-refractivity contribution in [1.82, 2.24) is 14.5 Å². The van der Waals surface area contributed by atoms with E-state index in [2.05, 4.69) is 21.9 Å². The molecule has 0 bridgehead atoms. The van der Waals surface area contributed by atoms with E-state index in [9.17, 15) is 14.4 Å². The van der Waals surface area contributed by atoms with Gasteiger partial charge in [-0.1, -0.05) is 12.2 Å². The second kappa shape index (κ2) is 11.3. The normalized spacial score (nSPS) is 15.6. The number of nitrogens with one attached hydrogen (secondary N) is 1. The molecule has 10 nitrogen and oxygen atoms in total. The highest BCUT2D eigenvalue weighted by Gasteiger charge is 2.24. The molecular formula is C24H29N5O5. The SMILES string of the molecule is C=C1CC(C=Nc2cc(OCCCC(=O)Nc3cn(C)c(C=O)n3)c(OC)cc2C)N(C=O)C1. The van der Waals surface area contributed by atoms with Crippen molar-refractivity contribution < 1.29 is 23.9 Å². The summed E-state index contributed by atoms with van der Waals surface area (Å²) in [5, 5.41) is 2.67. The average Bonchev–Trinajstić information content (AvgIpc) is 3.36. The number of carbonyl (C=O) groups is 3. The Bertz CT molecular complexity index is 1110. The molecule has 1 N–H and O–H groups in total. The van der Waals surface area contributed by atoms with Crippen LogP contribution in [0.25, 0.3) is 0 Å². The Morgan fingerprint density at radius 2 is 2.15 bits per heavy atom. The van der Waals surface area contributed by atoms with Crippen LogP contribution >= 0.6 is 0 Å². The van der Waals surface area contributed by atoms with Gasteiger partial charge in [-0.3, -0.25) is 19.4 Å². The third kappa shape index (κ3) is 6.09. The molecule has 1 aliphatic heterocycles. The van der Waals surface area contributed by atoms with Gasteiger partial charge in [0, 0.05) is 38.5 Å². The first-order valence-corrected chi connectivity index (χ1v) is 10.9. The lowest BCUT2D eigenvalue weighted by Crippen LogP contribution is -2.28. The molecule has 1 saturated heterocycles. The fourth-order valence-electron chi connectivity index (χ4n) is 3.61. The maximum absolute atomic E-state index is 12.2. The first kappa shape index (κ1) is 24.7. The van der Waals surface area contributed by atoms with Gasteiger partial charge in [-0.15, -0.1) is 0 Å². The number of carbonyl (C=O) groups excluding carboxylic acids is 3. The van der Waals surface area contributed by atoms with Crippen molar-refractivity contribution in [3.05, 3.63) is 41.9 Å². The number of likely N-dealkylation sites (tertiary alicyclic amines) is 1. The Balaban J connectivity index is 1.57. The van der Waals surface area contributed by atoms with Crippen LogP contribution in [0.2, 0.25) is 0 Å². The van der Waals surface area contributed by atoms with Crippen molar-refractivity contribution in [3.8, 4) is 11.5 Å². The Hall–Kier alpha value is -3.95. The van der Waals surface area contributed by atoms with Crippen LogP contribution in [0.3, 0.4) is 0 Å². The molecule has 2 aromatic rings. The molecule has 0 radical (unpaired) electrons. The molecule has 0 spiro atoms. The number of anilines is 1. The highest BCUT2D eigenvalue weighted by Crippen LogP contribution is 2.35. The number of hydrogen-bond acceptors (Lipinski definition) is 7. The minimum absolute atomic E-state index is 0.115. The Labute approximate surface area is 198 Å². The van der Waals surface area contributed by atoms with Gasteiger partial charge in [0.1, 0.15) is 0 Å². The largest absolute Gasteiger partial charge is 0.493 e. The zero-order valence-electron chi connectivity index (χ0n) is 19.6. The number of aliphatic imine (C=N–C) groups is 1. The summed E-state index contributed by atoms with van der Waals surface area (Å²) in [6, 6.07) is 3.51. The Morgan fingerprint density at radius 3 is 2.82 bits per heavy atom. The van der Waals surface area contributed by atoms with E-state index in [4.69, 9.17) is 9.47 Å². The second-order valence-corrected chi connectivity index (χ2v) is 8.08. The summed E-state index contributed by atoms with van der Waals surface area (Å²) in [4.78, 5) is 44.5. The first-order chi connectivity index (χ1) is 16.3. The van der Waals surface area contributed by atoms with E-state index >= 15 is 0 Å². The molecule has 1 aromatic carbocycles. The predicted molar refractivity (Wildman–Crippen MR) is 128 cm³/mol. The molecule has 10 heteroatoms. The quantitative estimate of drug-likeness (QED) is 0.235. The molecule has 0 aliphatic carbocycles. The summed E-state index contributed by atoms with van der Waals surface area (Å²) in [6.45, 7) is 6.71. The van der Waals surface area contributed by atoms with Crippen LogP contribution in [0.15, 0.2) is 35.5 Å². The molecule has 1 aliphatic rings. The summed E-state index contributed by atoms with van der Waals surface area (Å²) in [5.41, 5.74) is 2.60. The summed E-state index contributed by atoms with van der Waals surface area (Å²) < 4.78 is 12.8. The van der Waals surface area contributed by atoms with E-state index in [0.29, 0.717) is 55.3 Å². The number of imidazole rings is 1. The highest BCUT2D eigenvalue weighted by molar-refractivity contribution is 5.90. The molecule has 1 fully saturated rings. The van der Waals surface area contributed by atoms with E-state index in [1.54, 1.807) is 37.5 Å². The Morgan fingerprint density at radius 1 is 1.35 bits per heavy atom. The standard InChI is InChI=1S/C24H29N5O5/c1-16-8-18(29(12-16)15-31)11-25-19-10-21(20(33-4)9-17(19)2)34-7-5-6-24(32)27-22-13-28(3)23(14-30)26-22/h9-11,13-15,18H,1,5-8,12H2,2-4H3,(H,27,32). The summed E-state index contributed by atoms with van der Waals surface area (Å²) in [5.74, 6) is 1.43. The topological polar surface area (TPSA) is 115 Å². The van der Waals surface area contributed by atoms with Gasteiger partial charge >= 0.3 is 0 Å². The van der Waals surface area contributed by atoms with Gasteiger partial charge in [0.05, 0.1) is 25.4 Å². The van der Waals surface area contributed by atoms with Crippen LogP contribution in [-0.4, -0.2) is 65.6 Å². The van der Waals surface area contributed by atoms with Gasteiger partial charge in [-0.25, -0.2) is 4.98 Å². The number of aldehydes is 1. The van der Waals surface area contributed by atoms with Gasteiger partial charge < -0.3 is 24.3 Å². The van der Waals surface area contributed by atoms with Crippen molar-refractivity contribution in [1.29, 1.82) is 0 Å². The smallest absolute Gasteiger partial charge is 0.225 e. The van der Waals surface area contributed by atoms with Gasteiger partial charge in [-0.2, -0.15) is 0 Å². The van der Waals surface area contributed by atoms with Gasteiger partial charge in [-0.05, 0) is 31.4 Å². The maximum atomic E-state index is 12.2. The number of ether oxygens (including phenoxy) is 2. The number of benzene rings is 1. The monoisotopic (exact) mass is 467 g/mol. The van der Waals surface area contributed by atoms with Crippen molar-refractivity contribution in [2.75, 3.05) is 25.6 Å². The average molecular weight is 468 g/mol. The van der Waals surface area contributed by atoms with E-state index in [1.165, 1.54) is 4.57 Å². The number of amides is 2. The minimum Gasteiger partial charge on any atom is -0.493 e. The van der Waals surface area contributed by atoms with E-state index in [0.717, 1.165) is 17.5 Å². The second-order valence-electron chi connectivity index (χ2n) is 8.08. The van der Waals surface area contributed by atoms with Crippen LogP contribution in [0.4, 0.5) is 11.5 Å². The van der Waals surface area contributed by atoms with Crippen LogP contribution in [0.5, 0.6) is 11.5 Å². The zero-order valence-corrected chi connectivity index (χ0v) is 19.6. The van der Waals surface area contributed by atoms with Crippen LogP contribution in [0, 0.1) is 6.92 Å². The zero-order chi connectivity index (χ0) is 24.7. The molecule has 0 saturated carbocycles. The lowest BCUT2D eigenvalue weighted by molar-refractivity contribution is -0.118. The Kier molecular flexibility index (Phi) is 8.18. The fourth-order valence-corrected chi connectivity index (χ4v) is 3.61. The highest BCUT2D eigenvalue weighted by atomic mass is 16.5. The summed E-state index contributed by atoms with van der Waals surface area (Å²) in [6.07, 6.45) is 6.15. The summed E-state index contributed by atoms with van der Waals surface area (Å²) >= 11 is 0. The minimum atomic E-state index is -0.224. The third-order valence-electron chi connectivity index (χ3n) is 5.42. The third-order valence-corrected chi connectivity index (χ3v) is 5.42. The van der Waals surface area contributed by atoms with Crippen LogP contribution in [0.1, 0.15) is 35.4 Å². The van der Waals surface area contributed by atoms with Gasteiger partial charge in [0.2, 0.25) is 12.3 Å². The van der Waals surface area contributed by atoms with Crippen LogP contribution < -0.4 is 14.8 Å². The molecule has 3 rings (SSSR count). The summed E-state index contributed by atoms with van der Waals surface area (Å²) in [7, 11) is 3.24. The van der Waals surface area contributed by atoms with Gasteiger partial charge in [0.25, 0.3) is 0 Å². The number of methoxy groups -OCH3 is 1. The molecular weight excluding hydrogens is 438 g/mol. The van der Waals surface area contributed by atoms with Crippen LogP contribution in [-0.2, 0) is 16.6 Å². The number of hydrogen-bond donors (Lipinski definition) is 1. The lowest BCUT2D eigenvalue weighted by atomic mass is 10.1. The van der Waals surface area contributed by atoms with E-state index in [-0.39, 0.29) is 24.2 Å². The fraction of sp³-hybridized carbons (Fsp3) is 0.375. The van der Waals surface area contributed by atoms with Crippen molar-refractivity contribution >= 4 is 36.3 Å². The number of rotatable bonds is 11. The van der Waals surface area contributed by atoms with E-state index < -0.39 is 0 Å². The van der Waals surface area contributed by atoms with E-state index in [1.807, 2.05) is 13.0 Å². The molecule has 2 heterocycles. The van der Waals surface area contributed by atoms with Gasteiger partial charge in [0.15, 0.2) is 29.4 Å². The number of aryl methyl sites for hydroxylation is 2. The molecule has 180 valence electrons. The molecule has 2 amide bonds. The van der Waals surface area contributed by atoms with Crippen molar-refractivity contribution in [2.24, 2.45) is 12.0 Å². The molecule has 1 unspecified atom stereocenters.